The van der Waals surface area contributed by atoms with Gasteiger partial charge in [0.25, 0.3) is 0 Å². The maximum Gasteiger partial charge on any atom is 0.323 e. The molecule has 0 atom stereocenters. The number of carboxylic acids is 1. The highest BCUT2D eigenvalue weighted by Crippen LogP contribution is 2.07. The summed E-state index contributed by atoms with van der Waals surface area (Å²) in [7, 11) is 0. The van der Waals surface area contributed by atoms with Crippen molar-refractivity contribution in [1.29, 1.82) is 0 Å². The van der Waals surface area contributed by atoms with E-state index in [1.54, 1.807) is 6.08 Å². The van der Waals surface area contributed by atoms with Gasteiger partial charge in [0.1, 0.15) is 6.54 Å². The molecule has 0 saturated carbocycles. The lowest BCUT2D eigenvalue weighted by Crippen LogP contribution is -2.34. The third kappa shape index (κ3) is 5.10. The Morgan fingerprint density at radius 2 is 1.95 bits per heavy atom. The molecular weight excluding hydrogens is 254 g/mol. The zero-order chi connectivity index (χ0) is 15.0. The lowest BCUT2D eigenvalue weighted by molar-refractivity contribution is -0.142. The van der Waals surface area contributed by atoms with Crippen molar-refractivity contribution < 1.29 is 14.7 Å². The number of aliphatic carboxylic acids is 1. The van der Waals surface area contributed by atoms with Crippen molar-refractivity contribution in [3.63, 3.8) is 0 Å². The van der Waals surface area contributed by atoms with E-state index in [4.69, 9.17) is 5.11 Å². The van der Waals surface area contributed by atoms with Crippen LogP contribution in [0.5, 0.6) is 0 Å². The third-order valence-electron chi connectivity index (χ3n) is 2.79. The first kappa shape index (κ1) is 15.7. The summed E-state index contributed by atoms with van der Waals surface area (Å²) >= 11 is 0. The Morgan fingerprint density at radius 1 is 1.30 bits per heavy atom. The number of aryl methyl sites for hydroxylation is 1. The Morgan fingerprint density at radius 3 is 2.45 bits per heavy atom. The van der Waals surface area contributed by atoms with Gasteiger partial charge in [0.2, 0.25) is 5.91 Å². The van der Waals surface area contributed by atoms with Crippen LogP contribution in [-0.2, 0) is 16.0 Å². The normalized spacial score (nSPS) is 10.4. The van der Waals surface area contributed by atoms with Gasteiger partial charge in [0, 0.05) is 12.6 Å². The van der Waals surface area contributed by atoms with Gasteiger partial charge in [-0.15, -0.1) is 6.58 Å². The van der Waals surface area contributed by atoms with Crippen LogP contribution in [0.3, 0.4) is 0 Å². The first-order valence-electron chi connectivity index (χ1n) is 6.45. The van der Waals surface area contributed by atoms with Crippen molar-refractivity contribution in [3.05, 3.63) is 54.1 Å². The van der Waals surface area contributed by atoms with Gasteiger partial charge in [-0.3, -0.25) is 9.59 Å². The van der Waals surface area contributed by atoms with Gasteiger partial charge in [0.05, 0.1) is 0 Å². The molecule has 4 heteroatoms. The SMILES string of the molecule is C=CCN(CC(=O)O)C(=O)C=Cc1ccc(CC)cc1. The number of hydrogen-bond donors (Lipinski definition) is 1. The number of hydrogen-bond acceptors (Lipinski definition) is 2. The molecule has 106 valence electrons. The maximum atomic E-state index is 11.9. The van der Waals surface area contributed by atoms with Crippen molar-refractivity contribution in [2.75, 3.05) is 13.1 Å². The molecule has 0 aliphatic carbocycles. The summed E-state index contributed by atoms with van der Waals surface area (Å²) in [6.45, 7) is 5.48. The monoisotopic (exact) mass is 273 g/mol. The predicted molar refractivity (Wildman–Crippen MR) is 79.3 cm³/mol. The number of amides is 1. The molecule has 1 aromatic carbocycles. The van der Waals surface area contributed by atoms with Crippen LogP contribution in [0.15, 0.2) is 43.0 Å². The number of benzene rings is 1. The van der Waals surface area contributed by atoms with Gasteiger partial charge in [0.15, 0.2) is 0 Å². The second-order valence-corrected chi connectivity index (χ2v) is 4.33. The van der Waals surface area contributed by atoms with Crippen molar-refractivity contribution in [3.8, 4) is 0 Å². The predicted octanol–water partition coefficient (Wildman–Crippen LogP) is 2.36. The third-order valence-corrected chi connectivity index (χ3v) is 2.79. The van der Waals surface area contributed by atoms with Gasteiger partial charge < -0.3 is 10.0 Å². The Bertz CT molecular complexity index is 503. The fraction of sp³-hybridized carbons (Fsp3) is 0.250. The molecule has 0 fully saturated rings. The second kappa shape index (κ2) is 7.94. The zero-order valence-electron chi connectivity index (χ0n) is 11.6. The largest absolute Gasteiger partial charge is 0.480 e. The molecule has 0 aromatic heterocycles. The van der Waals surface area contributed by atoms with Crippen molar-refractivity contribution in [2.24, 2.45) is 0 Å². The number of carboxylic acid groups (broad SMARTS) is 1. The molecule has 4 nitrogen and oxygen atoms in total. The molecule has 0 aliphatic heterocycles. The van der Waals surface area contributed by atoms with Crippen molar-refractivity contribution in [2.45, 2.75) is 13.3 Å². The summed E-state index contributed by atoms with van der Waals surface area (Å²) in [4.78, 5) is 23.8. The molecule has 0 radical (unpaired) electrons. The van der Waals surface area contributed by atoms with Crippen LogP contribution < -0.4 is 0 Å². The minimum Gasteiger partial charge on any atom is -0.480 e. The molecule has 1 rings (SSSR count). The minimum absolute atomic E-state index is 0.213. The molecule has 1 amide bonds. The molecule has 0 saturated heterocycles. The smallest absolute Gasteiger partial charge is 0.323 e. The Labute approximate surface area is 119 Å². The van der Waals surface area contributed by atoms with E-state index in [1.807, 2.05) is 24.3 Å². The molecule has 0 aliphatic rings. The van der Waals surface area contributed by atoms with Crippen LogP contribution in [0.25, 0.3) is 6.08 Å². The highest BCUT2D eigenvalue weighted by Gasteiger charge is 2.12. The second-order valence-electron chi connectivity index (χ2n) is 4.33. The highest BCUT2D eigenvalue weighted by molar-refractivity contribution is 5.93. The first-order valence-corrected chi connectivity index (χ1v) is 6.45. The van der Waals surface area contributed by atoms with E-state index in [9.17, 15) is 9.59 Å². The number of rotatable bonds is 7. The zero-order valence-corrected chi connectivity index (χ0v) is 11.6. The maximum absolute atomic E-state index is 11.9. The first-order chi connectivity index (χ1) is 9.56. The molecule has 0 bridgehead atoms. The molecule has 20 heavy (non-hydrogen) atoms. The van der Waals surface area contributed by atoms with E-state index in [-0.39, 0.29) is 19.0 Å². The van der Waals surface area contributed by atoms with Crippen molar-refractivity contribution >= 4 is 18.0 Å². The molecular formula is C16H19NO3. The van der Waals surface area contributed by atoms with Crippen molar-refractivity contribution in [1.82, 2.24) is 4.90 Å². The van der Waals surface area contributed by atoms with E-state index >= 15 is 0 Å². The minimum atomic E-state index is -1.04. The molecule has 1 aromatic rings. The van der Waals surface area contributed by atoms with Gasteiger partial charge in [-0.2, -0.15) is 0 Å². The van der Waals surface area contributed by atoms with Gasteiger partial charge in [-0.1, -0.05) is 37.3 Å². The molecule has 0 heterocycles. The van der Waals surface area contributed by atoms with Gasteiger partial charge in [-0.25, -0.2) is 0 Å². The molecule has 0 unspecified atom stereocenters. The topological polar surface area (TPSA) is 57.6 Å². The lowest BCUT2D eigenvalue weighted by Gasteiger charge is -2.16. The average Bonchev–Trinajstić information content (AvgIpc) is 2.44. The van der Waals surface area contributed by atoms with Gasteiger partial charge in [-0.05, 0) is 23.6 Å². The average molecular weight is 273 g/mol. The van der Waals surface area contributed by atoms with Crippen LogP contribution >= 0.6 is 0 Å². The van der Waals surface area contributed by atoms with Gasteiger partial charge >= 0.3 is 5.97 Å². The van der Waals surface area contributed by atoms with E-state index in [2.05, 4.69) is 13.5 Å². The van der Waals surface area contributed by atoms with Crippen LogP contribution in [0.2, 0.25) is 0 Å². The van der Waals surface area contributed by atoms with E-state index < -0.39 is 5.97 Å². The highest BCUT2D eigenvalue weighted by atomic mass is 16.4. The quantitative estimate of drug-likeness (QED) is 0.613. The summed E-state index contributed by atoms with van der Waals surface area (Å²) in [5.41, 5.74) is 2.14. The van der Waals surface area contributed by atoms with Crippen LogP contribution in [-0.4, -0.2) is 35.0 Å². The fourth-order valence-corrected chi connectivity index (χ4v) is 1.69. The summed E-state index contributed by atoms with van der Waals surface area (Å²) in [5.74, 6) is -1.38. The number of carbonyl (C=O) groups excluding carboxylic acids is 1. The van der Waals surface area contributed by atoms with E-state index in [1.165, 1.54) is 22.6 Å². The Balaban J connectivity index is 2.72. The number of nitrogens with zero attached hydrogens (tertiary/aromatic N) is 1. The summed E-state index contributed by atoms with van der Waals surface area (Å²) in [6, 6.07) is 7.86. The summed E-state index contributed by atoms with van der Waals surface area (Å²) in [5, 5.41) is 8.75. The lowest BCUT2D eigenvalue weighted by atomic mass is 10.1. The van der Waals surface area contributed by atoms with Crippen LogP contribution in [0.4, 0.5) is 0 Å². The Hall–Kier alpha value is -2.36. The van der Waals surface area contributed by atoms with Crippen LogP contribution in [0.1, 0.15) is 18.1 Å². The number of carbonyl (C=O) groups is 2. The molecule has 1 N–H and O–H groups in total. The molecule has 0 spiro atoms. The fourth-order valence-electron chi connectivity index (χ4n) is 1.69. The summed E-state index contributed by atoms with van der Waals surface area (Å²) < 4.78 is 0. The van der Waals surface area contributed by atoms with E-state index in [0.29, 0.717) is 0 Å². The Kier molecular flexibility index (Phi) is 6.23. The standard InChI is InChI=1S/C16H19NO3/c1-3-11-17(12-16(19)20)15(18)10-9-14-7-5-13(4-2)6-8-14/h3,5-10H,1,4,11-12H2,2H3,(H,19,20). The van der Waals surface area contributed by atoms with Crippen LogP contribution in [0, 0.1) is 0 Å². The summed E-state index contributed by atoms with van der Waals surface area (Å²) in [6.07, 6.45) is 5.53. The van der Waals surface area contributed by atoms with E-state index in [0.717, 1.165) is 12.0 Å².